The van der Waals surface area contributed by atoms with Crippen LogP contribution in [-0.4, -0.2) is 35.1 Å². The van der Waals surface area contributed by atoms with E-state index in [4.69, 9.17) is 4.74 Å². The number of methoxy groups -OCH3 is 1. The highest BCUT2D eigenvalue weighted by Crippen LogP contribution is 2.65. The fourth-order valence-corrected chi connectivity index (χ4v) is 5.11. The van der Waals surface area contributed by atoms with Crippen molar-refractivity contribution in [2.45, 2.75) is 6.42 Å². The Balaban J connectivity index is 1.42. The van der Waals surface area contributed by atoms with Crippen LogP contribution in [0.2, 0.25) is 0 Å². The fraction of sp³-hybridized carbons (Fsp3) is 0.421. The molecule has 8 nitrogen and oxygen atoms in total. The van der Waals surface area contributed by atoms with Crippen LogP contribution in [0.3, 0.4) is 0 Å². The molecule has 3 fully saturated rings. The molecule has 5 aliphatic rings. The number of nitrogens with zero attached hydrogens (tertiary/aromatic N) is 3. The van der Waals surface area contributed by atoms with Gasteiger partial charge in [-0.25, -0.2) is 0 Å². The predicted octanol–water partition coefficient (Wildman–Crippen LogP) is 1.99. The second kappa shape index (κ2) is 5.48. The molecule has 2 saturated carbocycles. The minimum Gasteiger partial charge on any atom is -0.490 e. The van der Waals surface area contributed by atoms with Crippen molar-refractivity contribution in [3.63, 3.8) is 0 Å². The number of allylic oxidation sites excluding steroid dienone is 2. The van der Waals surface area contributed by atoms with E-state index < -0.39 is 4.92 Å². The number of ether oxygens (including phenoxy) is 1. The van der Waals surface area contributed by atoms with E-state index in [1.165, 1.54) is 25.5 Å². The van der Waals surface area contributed by atoms with Crippen LogP contribution in [0.15, 0.2) is 35.5 Å². The highest BCUT2D eigenvalue weighted by atomic mass is 16.6. The van der Waals surface area contributed by atoms with Gasteiger partial charge in [0.1, 0.15) is 0 Å². The smallest absolute Gasteiger partial charge is 0.311 e. The van der Waals surface area contributed by atoms with E-state index in [-0.39, 0.29) is 46.9 Å². The minimum atomic E-state index is -0.549. The van der Waals surface area contributed by atoms with Crippen LogP contribution in [0, 0.1) is 45.6 Å². The SMILES string of the molecule is COc1ccc(/C=N\N2C(=O)[C@@H]3[C@@H]4C=C[C@@H]([C@@H]5C[C@H]45)[C@@H]3C2=O)cc1[N+](=O)[O-]. The molecular formula is C19H17N3O5. The average Bonchev–Trinajstić information content (AvgIpc) is 3.45. The molecule has 1 heterocycles. The number of hydrogen-bond acceptors (Lipinski definition) is 6. The van der Waals surface area contributed by atoms with Crippen molar-refractivity contribution in [1.29, 1.82) is 0 Å². The van der Waals surface area contributed by atoms with E-state index in [1.807, 2.05) is 0 Å². The molecule has 0 unspecified atom stereocenters. The van der Waals surface area contributed by atoms with Crippen LogP contribution < -0.4 is 4.74 Å². The number of amides is 2. The van der Waals surface area contributed by atoms with Crippen molar-refractivity contribution >= 4 is 23.7 Å². The van der Waals surface area contributed by atoms with Crippen LogP contribution in [-0.2, 0) is 9.59 Å². The van der Waals surface area contributed by atoms with Gasteiger partial charge in [0.25, 0.3) is 11.8 Å². The Morgan fingerprint density at radius 3 is 2.37 bits per heavy atom. The standard InChI is InChI=1S/C19H17N3O5/c1-27-15-5-2-9(6-14(15)22(25)26)8-20-21-18(23)16-10-3-4-11(13-7-12(10)13)17(16)19(21)24/h2-6,8,10-13,16-17H,7H2,1H3/b20-8-/t10-,11+,12-,13+,16-,17+. The van der Waals surface area contributed by atoms with Gasteiger partial charge in [0.15, 0.2) is 5.75 Å². The largest absolute Gasteiger partial charge is 0.490 e. The van der Waals surface area contributed by atoms with Crippen molar-refractivity contribution in [3.8, 4) is 5.75 Å². The molecule has 0 radical (unpaired) electrons. The van der Waals surface area contributed by atoms with Gasteiger partial charge in [0.05, 0.1) is 30.1 Å². The van der Waals surface area contributed by atoms with Crippen LogP contribution in [0.1, 0.15) is 12.0 Å². The topological polar surface area (TPSA) is 102 Å². The van der Waals surface area contributed by atoms with Crippen molar-refractivity contribution in [1.82, 2.24) is 5.01 Å². The molecule has 1 aromatic carbocycles. The zero-order valence-electron chi connectivity index (χ0n) is 14.5. The van der Waals surface area contributed by atoms with Crippen molar-refractivity contribution in [3.05, 3.63) is 46.0 Å². The summed E-state index contributed by atoms with van der Waals surface area (Å²) in [5.74, 6) is 0.364. The molecule has 0 N–H and O–H groups in total. The maximum absolute atomic E-state index is 12.8. The highest BCUT2D eigenvalue weighted by Gasteiger charge is 2.67. The Bertz CT molecular complexity index is 903. The molecule has 8 heteroatoms. The summed E-state index contributed by atoms with van der Waals surface area (Å²) in [6.07, 6.45) is 6.63. The Morgan fingerprint density at radius 1 is 1.19 bits per heavy atom. The second-order valence-corrected chi connectivity index (χ2v) is 7.58. The van der Waals surface area contributed by atoms with Crippen LogP contribution in [0.4, 0.5) is 5.69 Å². The molecule has 2 bridgehead atoms. The van der Waals surface area contributed by atoms with Gasteiger partial charge in [0, 0.05) is 11.6 Å². The predicted molar refractivity (Wildman–Crippen MR) is 93.8 cm³/mol. The summed E-state index contributed by atoms with van der Waals surface area (Å²) >= 11 is 0. The highest BCUT2D eigenvalue weighted by molar-refractivity contribution is 6.06. The third kappa shape index (κ3) is 2.19. The number of hydrazone groups is 1. The lowest BCUT2D eigenvalue weighted by Gasteiger charge is -2.37. The molecule has 27 heavy (non-hydrogen) atoms. The van der Waals surface area contributed by atoms with Crippen molar-refractivity contribution < 1.29 is 19.2 Å². The second-order valence-electron chi connectivity index (χ2n) is 7.58. The Morgan fingerprint density at radius 2 is 1.81 bits per heavy atom. The number of hydrogen-bond donors (Lipinski definition) is 0. The van der Waals surface area contributed by atoms with Crippen LogP contribution in [0.25, 0.3) is 0 Å². The summed E-state index contributed by atoms with van der Waals surface area (Å²) in [6.45, 7) is 0. The molecule has 4 aliphatic carbocycles. The first-order valence-electron chi connectivity index (χ1n) is 8.94. The monoisotopic (exact) mass is 367 g/mol. The molecule has 2 amide bonds. The first-order valence-corrected chi connectivity index (χ1v) is 8.94. The summed E-state index contributed by atoms with van der Waals surface area (Å²) in [4.78, 5) is 36.2. The molecule has 0 spiro atoms. The summed E-state index contributed by atoms with van der Waals surface area (Å²) in [6, 6.07) is 4.36. The maximum Gasteiger partial charge on any atom is 0.311 e. The third-order valence-corrected chi connectivity index (χ3v) is 6.36. The normalized spacial score (nSPS) is 35.5. The molecule has 6 atom stereocenters. The fourth-order valence-electron chi connectivity index (χ4n) is 5.11. The van der Waals surface area contributed by atoms with Gasteiger partial charge >= 0.3 is 5.69 Å². The molecule has 1 saturated heterocycles. The summed E-state index contributed by atoms with van der Waals surface area (Å²) in [7, 11) is 1.35. The molecular weight excluding hydrogens is 350 g/mol. The maximum atomic E-state index is 12.8. The number of carbonyl (C=O) groups excluding carboxylic acids is 2. The minimum absolute atomic E-state index is 0.137. The Kier molecular flexibility index (Phi) is 3.28. The molecule has 0 aromatic heterocycles. The lowest BCUT2D eigenvalue weighted by molar-refractivity contribution is -0.385. The van der Waals surface area contributed by atoms with E-state index in [2.05, 4.69) is 17.3 Å². The van der Waals surface area contributed by atoms with Crippen molar-refractivity contribution in [2.24, 2.45) is 40.6 Å². The molecule has 138 valence electrons. The van der Waals surface area contributed by atoms with Crippen LogP contribution >= 0.6 is 0 Å². The molecule has 1 aliphatic heterocycles. The molecule has 6 rings (SSSR count). The number of benzene rings is 1. The van der Waals surface area contributed by atoms with Gasteiger partial charge in [-0.2, -0.15) is 10.1 Å². The van der Waals surface area contributed by atoms with E-state index in [0.717, 1.165) is 11.4 Å². The zero-order chi connectivity index (χ0) is 18.9. The van der Waals surface area contributed by atoms with E-state index in [1.54, 1.807) is 6.07 Å². The first-order chi connectivity index (χ1) is 13.0. The number of nitro benzene ring substituents is 1. The first kappa shape index (κ1) is 16.2. The van der Waals surface area contributed by atoms with Gasteiger partial charge in [-0.15, -0.1) is 0 Å². The zero-order valence-corrected chi connectivity index (χ0v) is 14.5. The summed E-state index contributed by atoms with van der Waals surface area (Å²) < 4.78 is 4.97. The Hall–Kier alpha value is -3.03. The Labute approximate surface area is 154 Å². The quantitative estimate of drug-likeness (QED) is 0.266. The number of imide groups is 1. The van der Waals surface area contributed by atoms with Crippen molar-refractivity contribution in [2.75, 3.05) is 7.11 Å². The third-order valence-electron chi connectivity index (χ3n) is 6.36. The van der Waals surface area contributed by atoms with E-state index in [9.17, 15) is 19.7 Å². The summed E-state index contributed by atoms with van der Waals surface area (Å²) in [5, 5.41) is 16.2. The van der Waals surface area contributed by atoms with Gasteiger partial charge in [0.2, 0.25) is 0 Å². The van der Waals surface area contributed by atoms with E-state index in [0.29, 0.717) is 17.4 Å². The van der Waals surface area contributed by atoms with Crippen LogP contribution in [0.5, 0.6) is 5.75 Å². The van der Waals surface area contributed by atoms with Gasteiger partial charge < -0.3 is 4.74 Å². The summed E-state index contributed by atoms with van der Waals surface area (Å²) in [5.41, 5.74) is 0.221. The number of nitro groups is 1. The lowest BCUT2D eigenvalue weighted by atomic mass is 9.63. The number of carbonyl (C=O) groups is 2. The average molecular weight is 367 g/mol. The lowest BCUT2D eigenvalue weighted by Crippen LogP contribution is -2.40. The van der Waals surface area contributed by atoms with Gasteiger partial charge in [-0.05, 0) is 42.2 Å². The molecule has 1 aromatic rings. The van der Waals surface area contributed by atoms with Gasteiger partial charge in [-0.3, -0.25) is 19.7 Å². The van der Waals surface area contributed by atoms with Gasteiger partial charge in [-0.1, -0.05) is 12.2 Å². The van der Waals surface area contributed by atoms with E-state index >= 15 is 0 Å². The number of rotatable bonds is 4.